The average Bonchev–Trinajstić information content (AvgIpc) is 2.92. The summed E-state index contributed by atoms with van der Waals surface area (Å²) in [6, 6.07) is 7.08. The van der Waals surface area contributed by atoms with E-state index < -0.39 is 0 Å². The number of rotatable bonds is 5. The van der Waals surface area contributed by atoms with Crippen LogP contribution in [-0.4, -0.2) is 38.7 Å². The van der Waals surface area contributed by atoms with E-state index in [1.807, 2.05) is 24.9 Å². The summed E-state index contributed by atoms with van der Waals surface area (Å²) in [5, 5.41) is 12.7. The van der Waals surface area contributed by atoms with Crippen molar-refractivity contribution < 1.29 is 9.90 Å². The van der Waals surface area contributed by atoms with E-state index in [2.05, 4.69) is 15.3 Å². The number of benzene rings is 1. The Hall–Kier alpha value is -2.09. The molecule has 25 heavy (non-hydrogen) atoms. The summed E-state index contributed by atoms with van der Waals surface area (Å²) in [4.78, 5) is 22.8. The van der Waals surface area contributed by atoms with Gasteiger partial charge in [0, 0.05) is 29.7 Å². The molecule has 0 spiro atoms. The van der Waals surface area contributed by atoms with Crippen LogP contribution in [0.1, 0.15) is 18.2 Å². The van der Waals surface area contributed by atoms with Crippen LogP contribution < -0.4 is 5.32 Å². The van der Waals surface area contributed by atoms with Crippen molar-refractivity contribution in [2.24, 2.45) is 0 Å². The number of allylic oxidation sites excluding steroid dienone is 1. The first kappa shape index (κ1) is 17.7. The molecule has 130 valence electrons. The van der Waals surface area contributed by atoms with Crippen LogP contribution in [0.25, 0.3) is 4.91 Å². The van der Waals surface area contributed by atoms with Crippen LogP contribution in [-0.2, 0) is 11.4 Å². The first-order valence-electron chi connectivity index (χ1n) is 7.59. The van der Waals surface area contributed by atoms with Crippen molar-refractivity contribution in [3.8, 4) is 0 Å². The Bertz CT molecular complexity index is 843. The number of hydrogen-bond acceptors (Lipinski definition) is 7. The predicted octanol–water partition coefficient (Wildman–Crippen LogP) is 3.26. The second-order valence-electron chi connectivity index (χ2n) is 5.52. The first-order chi connectivity index (χ1) is 12.0. The van der Waals surface area contributed by atoms with Crippen LogP contribution in [0.4, 0.5) is 11.6 Å². The second-order valence-corrected chi connectivity index (χ2v) is 7.06. The van der Waals surface area contributed by atoms with Crippen LogP contribution in [0.5, 0.6) is 0 Å². The molecule has 1 aliphatic heterocycles. The van der Waals surface area contributed by atoms with Crippen molar-refractivity contribution in [3.05, 3.63) is 52.4 Å². The molecule has 0 radical (unpaired) electrons. The number of likely N-dealkylation sites (N-methyl/N-ethyl adjacent to an activating group) is 1. The molecule has 0 amide bonds. The van der Waals surface area contributed by atoms with Crippen molar-refractivity contribution in [2.45, 2.75) is 18.9 Å². The van der Waals surface area contributed by atoms with Crippen molar-refractivity contribution in [1.29, 1.82) is 0 Å². The predicted molar refractivity (Wildman–Crippen MR) is 100 cm³/mol. The maximum absolute atomic E-state index is 11.2. The number of carbonyl (C=O) groups excluding carboxylic acids is 1. The second kappa shape index (κ2) is 7.43. The fourth-order valence-corrected chi connectivity index (χ4v) is 3.79. The van der Waals surface area contributed by atoms with Crippen LogP contribution in [0.15, 0.2) is 36.2 Å². The van der Waals surface area contributed by atoms with Gasteiger partial charge < -0.3 is 20.1 Å². The van der Waals surface area contributed by atoms with Crippen molar-refractivity contribution >= 4 is 46.2 Å². The number of aldehydes is 1. The standard InChI is InChI=1S/C17H17ClN4O2S/c1-10-16(25-15(9-24)22(10)2)14-5-6-19-17(21-14)20-12-3-4-13(18)11(7-12)8-23/h3-7,9,15,23H,8H2,1-2H3,(H,19,20,21). The summed E-state index contributed by atoms with van der Waals surface area (Å²) in [6.07, 6.45) is 2.59. The van der Waals surface area contributed by atoms with Gasteiger partial charge in [-0.25, -0.2) is 9.97 Å². The average molecular weight is 377 g/mol. The molecule has 1 aromatic heterocycles. The minimum atomic E-state index is -0.232. The zero-order valence-electron chi connectivity index (χ0n) is 13.7. The number of halogens is 1. The molecule has 2 aromatic rings. The number of carbonyl (C=O) groups is 1. The molecular formula is C17H17ClN4O2S. The number of aromatic nitrogens is 2. The minimum absolute atomic E-state index is 0.141. The van der Waals surface area contributed by atoms with Gasteiger partial charge in [-0.15, -0.1) is 0 Å². The van der Waals surface area contributed by atoms with Crippen molar-refractivity contribution in [1.82, 2.24) is 14.9 Å². The molecule has 1 aromatic carbocycles. The number of anilines is 2. The van der Waals surface area contributed by atoms with E-state index in [-0.39, 0.29) is 12.0 Å². The minimum Gasteiger partial charge on any atom is -0.392 e. The molecule has 0 saturated heterocycles. The summed E-state index contributed by atoms with van der Waals surface area (Å²) in [6.45, 7) is 1.82. The van der Waals surface area contributed by atoms with Gasteiger partial charge in [0.1, 0.15) is 5.37 Å². The molecule has 1 aliphatic rings. The fourth-order valence-electron chi connectivity index (χ4n) is 2.45. The lowest BCUT2D eigenvalue weighted by Crippen LogP contribution is -2.23. The Labute approximate surface area is 154 Å². The normalized spacial score (nSPS) is 17.1. The maximum atomic E-state index is 11.2. The summed E-state index contributed by atoms with van der Waals surface area (Å²) in [5.74, 6) is 0.432. The SMILES string of the molecule is CC1=C(c2ccnc(Nc3ccc(Cl)c(CO)c3)n2)SC(C=O)N1C. The molecule has 0 aliphatic carbocycles. The highest BCUT2D eigenvalue weighted by molar-refractivity contribution is 8.09. The molecule has 6 nitrogen and oxygen atoms in total. The van der Waals surface area contributed by atoms with Gasteiger partial charge in [-0.3, -0.25) is 0 Å². The van der Waals surface area contributed by atoms with Gasteiger partial charge in [0.05, 0.1) is 17.2 Å². The van der Waals surface area contributed by atoms with Gasteiger partial charge in [-0.1, -0.05) is 23.4 Å². The van der Waals surface area contributed by atoms with E-state index in [0.29, 0.717) is 16.5 Å². The summed E-state index contributed by atoms with van der Waals surface area (Å²) < 4.78 is 0. The molecule has 2 N–H and O–H groups in total. The molecule has 0 saturated carbocycles. The van der Waals surface area contributed by atoms with E-state index in [1.54, 1.807) is 24.4 Å². The van der Waals surface area contributed by atoms with E-state index in [4.69, 9.17) is 11.6 Å². The van der Waals surface area contributed by atoms with E-state index >= 15 is 0 Å². The van der Waals surface area contributed by atoms with E-state index in [9.17, 15) is 9.90 Å². The summed E-state index contributed by atoms with van der Waals surface area (Å²) in [5.41, 5.74) is 3.12. The lowest BCUT2D eigenvalue weighted by Gasteiger charge is -2.16. The Morgan fingerprint density at radius 2 is 2.24 bits per heavy atom. The highest BCUT2D eigenvalue weighted by Gasteiger charge is 2.28. The molecule has 3 rings (SSSR count). The largest absolute Gasteiger partial charge is 0.392 e. The summed E-state index contributed by atoms with van der Waals surface area (Å²) >= 11 is 7.48. The number of aliphatic hydroxyl groups is 1. The number of nitrogens with zero attached hydrogens (tertiary/aromatic N) is 3. The third-order valence-corrected chi connectivity index (χ3v) is 5.73. The van der Waals surface area contributed by atoms with Crippen LogP contribution in [0.2, 0.25) is 5.02 Å². The quantitative estimate of drug-likeness (QED) is 0.775. The van der Waals surface area contributed by atoms with Gasteiger partial charge in [0.2, 0.25) is 5.95 Å². The molecule has 2 heterocycles. The highest BCUT2D eigenvalue weighted by Crippen LogP contribution is 2.41. The third kappa shape index (κ3) is 3.63. The molecule has 1 atom stereocenters. The number of hydrogen-bond donors (Lipinski definition) is 2. The smallest absolute Gasteiger partial charge is 0.227 e. The number of nitrogens with one attached hydrogen (secondary N) is 1. The topological polar surface area (TPSA) is 78.4 Å². The van der Waals surface area contributed by atoms with Crippen molar-refractivity contribution in [3.63, 3.8) is 0 Å². The molecule has 1 unspecified atom stereocenters. The maximum Gasteiger partial charge on any atom is 0.227 e. The molecule has 8 heteroatoms. The van der Waals surface area contributed by atoms with Gasteiger partial charge in [0.25, 0.3) is 0 Å². The van der Waals surface area contributed by atoms with E-state index in [0.717, 1.165) is 28.3 Å². The molecule has 0 fully saturated rings. The van der Waals surface area contributed by atoms with Gasteiger partial charge in [0.15, 0.2) is 6.29 Å². The highest BCUT2D eigenvalue weighted by atomic mass is 35.5. The Morgan fingerprint density at radius 3 is 2.92 bits per heavy atom. The monoisotopic (exact) mass is 376 g/mol. The lowest BCUT2D eigenvalue weighted by molar-refractivity contribution is -0.109. The first-order valence-corrected chi connectivity index (χ1v) is 8.84. The number of aliphatic hydroxyl groups excluding tert-OH is 1. The fraction of sp³-hybridized carbons (Fsp3) is 0.235. The van der Waals surface area contributed by atoms with Gasteiger partial charge in [-0.2, -0.15) is 0 Å². The third-order valence-electron chi connectivity index (χ3n) is 3.95. The lowest BCUT2D eigenvalue weighted by atomic mass is 10.2. The van der Waals surface area contributed by atoms with Crippen LogP contribution >= 0.6 is 23.4 Å². The van der Waals surface area contributed by atoms with Crippen molar-refractivity contribution in [2.75, 3.05) is 12.4 Å². The zero-order chi connectivity index (χ0) is 18.0. The molecular weight excluding hydrogens is 360 g/mol. The van der Waals surface area contributed by atoms with E-state index in [1.165, 1.54) is 11.8 Å². The van der Waals surface area contributed by atoms with Crippen LogP contribution in [0.3, 0.4) is 0 Å². The Kier molecular flexibility index (Phi) is 5.27. The van der Waals surface area contributed by atoms with Gasteiger partial charge in [-0.05, 0) is 36.8 Å². The van der Waals surface area contributed by atoms with Crippen LogP contribution in [0, 0.1) is 0 Å². The zero-order valence-corrected chi connectivity index (χ0v) is 15.3. The Balaban J connectivity index is 1.86. The Morgan fingerprint density at radius 1 is 1.44 bits per heavy atom. The number of thioether (sulfide) groups is 1. The van der Waals surface area contributed by atoms with Gasteiger partial charge >= 0.3 is 0 Å². The molecule has 0 bridgehead atoms. The summed E-state index contributed by atoms with van der Waals surface area (Å²) in [7, 11) is 1.89.